The Labute approximate surface area is 109 Å². The summed E-state index contributed by atoms with van der Waals surface area (Å²) < 4.78 is 31.0. The number of hydrogen-bond acceptors (Lipinski definition) is 6. The third-order valence-corrected chi connectivity index (χ3v) is 3.98. The Morgan fingerprint density at radius 2 is 1.95 bits per heavy atom. The van der Waals surface area contributed by atoms with Crippen LogP contribution in [0.15, 0.2) is 9.31 Å². The first-order valence-corrected chi connectivity index (χ1v) is 6.81. The van der Waals surface area contributed by atoms with Gasteiger partial charge in [0.1, 0.15) is 22.0 Å². The van der Waals surface area contributed by atoms with Crippen molar-refractivity contribution in [1.29, 1.82) is 0 Å². The minimum Gasteiger partial charge on any atom is -0.478 e. The van der Waals surface area contributed by atoms with Crippen LogP contribution in [0.25, 0.3) is 0 Å². The zero-order chi connectivity index (χ0) is 14.8. The maximum absolute atomic E-state index is 12.0. The van der Waals surface area contributed by atoms with Crippen molar-refractivity contribution in [3.05, 3.63) is 17.1 Å². The molecule has 0 aliphatic rings. The predicted octanol–water partition coefficient (Wildman–Crippen LogP) is -0.774. The third kappa shape index (κ3) is 3.32. The van der Waals surface area contributed by atoms with E-state index >= 15 is 0 Å². The van der Waals surface area contributed by atoms with Crippen molar-refractivity contribution in [3.63, 3.8) is 0 Å². The second kappa shape index (κ2) is 5.70. The molecule has 0 fully saturated rings. The fourth-order valence-electron chi connectivity index (χ4n) is 1.58. The maximum atomic E-state index is 12.0. The second-order valence-electron chi connectivity index (χ2n) is 3.91. The van der Waals surface area contributed by atoms with Gasteiger partial charge in [-0.25, -0.2) is 17.9 Å². The van der Waals surface area contributed by atoms with Gasteiger partial charge in [0.2, 0.25) is 10.0 Å². The number of carboxylic acid groups (broad SMARTS) is 1. The molecule has 1 unspecified atom stereocenters. The van der Waals surface area contributed by atoms with E-state index < -0.39 is 45.7 Å². The minimum atomic E-state index is -4.15. The number of carbonyl (C=O) groups is 1. The third-order valence-electron chi connectivity index (χ3n) is 2.41. The highest BCUT2D eigenvalue weighted by Gasteiger charge is 2.30. The van der Waals surface area contributed by atoms with Crippen LogP contribution in [-0.4, -0.2) is 49.0 Å². The lowest BCUT2D eigenvalue weighted by atomic mass is 10.2. The monoisotopic (exact) mass is 293 g/mol. The largest absolute Gasteiger partial charge is 0.478 e. The van der Waals surface area contributed by atoms with Crippen LogP contribution in [0.2, 0.25) is 0 Å². The molecule has 0 aliphatic carbocycles. The molecule has 9 heteroatoms. The van der Waals surface area contributed by atoms with Crippen LogP contribution >= 0.6 is 0 Å². The van der Waals surface area contributed by atoms with E-state index in [1.54, 1.807) is 0 Å². The molecule has 19 heavy (non-hydrogen) atoms. The highest BCUT2D eigenvalue weighted by Crippen LogP contribution is 2.26. The Balaban J connectivity index is 3.18. The van der Waals surface area contributed by atoms with Crippen LogP contribution in [-0.2, 0) is 10.0 Å². The number of aliphatic hydroxyl groups excluding tert-OH is 2. The van der Waals surface area contributed by atoms with Crippen LogP contribution in [0.1, 0.15) is 21.9 Å². The Morgan fingerprint density at radius 3 is 2.42 bits per heavy atom. The number of hydrogen-bond donors (Lipinski definition) is 4. The summed E-state index contributed by atoms with van der Waals surface area (Å²) in [5.74, 6) is -1.49. The highest BCUT2D eigenvalue weighted by atomic mass is 32.2. The lowest BCUT2D eigenvalue weighted by Crippen LogP contribution is -2.34. The van der Waals surface area contributed by atoms with Gasteiger partial charge in [-0.3, -0.25) is 0 Å². The van der Waals surface area contributed by atoms with Crippen molar-refractivity contribution >= 4 is 16.0 Å². The number of rotatable bonds is 6. The fraction of sp³-hybridized carbons (Fsp3) is 0.500. The number of aryl methyl sites for hydroxylation is 2. The first-order valence-electron chi connectivity index (χ1n) is 5.32. The van der Waals surface area contributed by atoms with E-state index in [0.29, 0.717) is 0 Å². The van der Waals surface area contributed by atoms with Gasteiger partial charge in [-0.05, 0) is 13.8 Å². The molecule has 0 saturated carbocycles. The number of furan rings is 1. The molecule has 8 nitrogen and oxygen atoms in total. The normalized spacial score (nSPS) is 13.5. The SMILES string of the molecule is Cc1oc(C)c(S(=O)(=O)NCC(O)CO)c1C(=O)O. The summed E-state index contributed by atoms with van der Waals surface area (Å²) in [4.78, 5) is 10.6. The lowest BCUT2D eigenvalue weighted by Gasteiger charge is -2.09. The van der Waals surface area contributed by atoms with Gasteiger partial charge < -0.3 is 19.7 Å². The van der Waals surface area contributed by atoms with Gasteiger partial charge in [-0.1, -0.05) is 0 Å². The Bertz CT molecular complexity index is 575. The van der Waals surface area contributed by atoms with Gasteiger partial charge in [-0.2, -0.15) is 0 Å². The number of aliphatic hydroxyl groups is 2. The molecule has 0 spiro atoms. The number of carboxylic acids is 1. The Kier molecular flexibility index (Phi) is 4.69. The molecule has 4 N–H and O–H groups in total. The molecule has 1 atom stereocenters. The van der Waals surface area contributed by atoms with Gasteiger partial charge in [0.15, 0.2) is 0 Å². The predicted molar refractivity (Wildman–Crippen MR) is 63.4 cm³/mol. The van der Waals surface area contributed by atoms with E-state index in [9.17, 15) is 13.2 Å². The van der Waals surface area contributed by atoms with Gasteiger partial charge in [0, 0.05) is 6.54 Å². The average Bonchev–Trinajstić information content (AvgIpc) is 2.61. The maximum Gasteiger partial charge on any atom is 0.340 e. The molecule has 1 heterocycles. The standard InChI is InChI=1S/C10H15NO7S/c1-5-8(10(14)15)9(6(2)18-5)19(16,17)11-3-7(13)4-12/h7,11-13H,3-4H2,1-2H3,(H,14,15). The van der Waals surface area contributed by atoms with Crippen molar-refractivity contribution < 1.29 is 32.9 Å². The van der Waals surface area contributed by atoms with E-state index in [0.717, 1.165) is 0 Å². The molecule has 0 radical (unpaired) electrons. The fourth-order valence-corrected chi connectivity index (χ4v) is 3.05. The number of aromatic carboxylic acids is 1. The number of sulfonamides is 1. The molecule has 0 aliphatic heterocycles. The van der Waals surface area contributed by atoms with E-state index in [-0.39, 0.29) is 11.5 Å². The zero-order valence-corrected chi connectivity index (χ0v) is 11.2. The molecule has 1 aromatic heterocycles. The van der Waals surface area contributed by atoms with Crippen molar-refractivity contribution in [3.8, 4) is 0 Å². The first kappa shape index (κ1) is 15.6. The second-order valence-corrected chi connectivity index (χ2v) is 5.62. The molecular formula is C10H15NO7S. The Hall–Kier alpha value is -1.42. The highest BCUT2D eigenvalue weighted by molar-refractivity contribution is 7.89. The number of nitrogens with one attached hydrogen (secondary N) is 1. The molecular weight excluding hydrogens is 278 g/mol. The van der Waals surface area contributed by atoms with Crippen LogP contribution in [0.3, 0.4) is 0 Å². The van der Waals surface area contributed by atoms with E-state index in [4.69, 9.17) is 19.7 Å². The van der Waals surface area contributed by atoms with Crippen LogP contribution < -0.4 is 4.72 Å². The summed E-state index contributed by atoms with van der Waals surface area (Å²) in [6, 6.07) is 0. The van der Waals surface area contributed by atoms with Gasteiger partial charge in [-0.15, -0.1) is 0 Å². The van der Waals surface area contributed by atoms with Gasteiger partial charge in [0.05, 0.1) is 12.7 Å². The smallest absolute Gasteiger partial charge is 0.340 e. The van der Waals surface area contributed by atoms with Crippen LogP contribution in [0, 0.1) is 13.8 Å². The first-order chi connectivity index (χ1) is 8.70. The Morgan fingerprint density at radius 1 is 1.37 bits per heavy atom. The molecule has 1 rings (SSSR count). The topological polar surface area (TPSA) is 137 Å². The summed E-state index contributed by atoms with van der Waals surface area (Å²) in [7, 11) is -4.15. The quantitative estimate of drug-likeness (QED) is 0.540. The zero-order valence-electron chi connectivity index (χ0n) is 10.4. The van der Waals surface area contributed by atoms with Crippen LogP contribution in [0.5, 0.6) is 0 Å². The molecule has 0 aromatic carbocycles. The van der Waals surface area contributed by atoms with Crippen molar-refractivity contribution in [2.24, 2.45) is 0 Å². The minimum absolute atomic E-state index is 0.0203. The van der Waals surface area contributed by atoms with E-state index in [2.05, 4.69) is 0 Å². The molecule has 1 aromatic rings. The molecule has 0 bridgehead atoms. The van der Waals surface area contributed by atoms with Crippen LogP contribution in [0.4, 0.5) is 0 Å². The summed E-state index contributed by atoms with van der Waals surface area (Å²) in [6.07, 6.45) is -1.27. The van der Waals surface area contributed by atoms with E-state index in [1.807, 2.05) is 4.72 Å². The van der Waals surface area contributed by atoms with Crippen molar-refractivity contribution in [2.75, 3.05) is 13.2 Å². The average molecular weight is 293 g/mol. The lowest BCUT2D eigenvalue weighted by molar-refractivity contribution is 0.0691. The van der Waals surface area contributed by atoms with Crippen molar-refractivity contribution in [2.45, 2.75) is 24.8 Å². The molecule has 0 saturated heterocycles. The van der Waals surface area contributed by atoms with Gasteiger partial charge in [0.25, 0.3) is 0 Å². The molecule has 108 valence electrons. The van der Waals surface area contributed by atoms with E-state index in [1.165, 1.54) is 13.8 Å². The van der Waals surface area contributed by atoms with Crippen molar-refractivity contribution in [1.82, 2.24) is 4.72 Å². The summed E-state index contributed by atoms with van der Waals surface area (Å²) >= 11 is 0. The summed E-state index contributed by atoms with van der Waals surface area (Å²) in [6.45, 7) is 1.63. The molecule has 0 amide bonds. The summed E-state index contributed by atoms with van der Waals surface area (Å²) in [5, 5.41) is 26.7. The van der Waals surface area contributed by atoms with Gasteiger partial charge >= 0.3 is 5.97 Å². The summed E-state index contributed by atoms with van der Waals surface area (Å²) in [5.41, 5.74) is -0.441.